The summed E-state index contributed by atoms with van der Waals surface area (Å²) in [7, 11) is -1.23. The number of halogens is 1. The standard InChI is InChI=1S/C26H34FNO2Si/c1-18-21(15-12-19-10-13-20(14-11-19)29-17-16-27)28-22-8-7-9-23(30-31(5)6)24(22)25(18)26(2,3)4/h7-11,13-14,31H,12,15-17H2,1-6H3. The molecule has 0 N–H and O–H groups in total. The minimum Gasteiger partial charge on any atom is -0.547 e. The van der Waals surface area contributed by atoms with E-state index in [-0.39, 0.29) is 12.0 Å². The fraction of sp³-hybridized carbons (Fsp3) is 0.423. The second-order valence-corrected chi connectivity index (χ2v) is 11.6. The highest BCUT2D eigenvalue weighted by atomic mass is 28.3. The first kappa shape index (κ1) is 23.3. The van der Waals surface area contributed by atoms with Gasteiger partial charge >= 0.3 is 0 Å². The monoisotopic (exact) mass is 439 g/mol. The third-order valence-corrected chi connectivity index (χ3v) is 6.08. The van der Waals surface area contributed by atoms with Crippen LogP contribution in [0.5, 0.6) is 11.5 Å². The molecule has 0 bridgehead atoms. The second-order valence-electron chi connectivity index (χ2n) is 9.31. The van der Waals surface area contributed by atoms with Crippen LogP contribution in [0.25, 0.3) is 10.9 Å². The lowest BCUT2D eigenvalue weighted by Crippen LogP contribution is -2.18. The number of pyridine rings is 1. The zero-order valence-electron chi connectivity index (χ0n) is 19.6. The Morgan fingerprint density at radius 1 is 1.00 bits per heavy atom. The molecule has 0 saturated heterocycles. The predicted molar refractivity (Wildman–Crippen MR) is 130 cm³/mol. The zero-order valence-corrected chi connectivity index (χ0v) is 20.7. The van der Waals surface area contributed by atoms with Crippen LogP contribution in [0.4, 0.5) is 4.39 Å². The molecule has 1 heterocycles. The maximum absolute atomic E-state index is 12.3. The molecule has 0 fully saturated rings. The van der Waals surface area contributed by atoms with Crippen molar-refractivity contribution in [3.63, 3.8) is 0 Å². The van der Waals surface area contributed by atoms with Crippen molar-refractivity contribution < 1.29 is 13.6 Å². The molecule has 0 atom stereocenters. The van der Waals surface area contributed by atoms with E-state index in [2.05, 4.69) is 52.9 Å². The Kier molecular flexibility index (Phi) is 7.37. The lowest BCUT2D eigenvalue weighted by Gasteiger charge is -2.27. The van der Waals surface area contributed by atoms with Crippen LogP contribution in [0.3, 0.4) is 0 Å². The molecule has 0 radical (unpaired) electrons. The molecule has 0 aliphatic rings. The van der Waals surface area contributed by atoms with E-state index >= 15 is 0 Å². The summed E-state index contributed by atoms with van der Waals surface area (Å²) in [6.07, 6.45) is 1.75. The number of nitrogens with zero attached hydrogens (tertiary/aromatic N) is 1. The van der Waals surface area contributed by atoms with Crippen molar-refractivity contribution in [2.75, 3.05) is 13.3 Å². The van der Waals surface area contributed by atoms with Gasteiger partial charge in [0.2, 0.25) is 9.04 Å². The molecular weight excluding hydrogens is 405 g/mol. The summed E-state index contributed by atoms with van der Waals surface area (Å²) < 4.78 is 23.9. The van der Waals surface area contributed by atoms with Crippen molar-refractivity contribution >= 4 is 19.9 Å². The number of alkyl halides is 1. The molecular formula is C26H34FNO2Si. The summed E-state index contributed by atoms with van der Waals surface area (Å²) in [6.45, 7) is 13.0. The average Bonchev–Trinajstić information content (AvgIpc) is 2.70. The molecule has 166 valence electrons. The van der Waals surface area contributed by atoms with E-state index in [1.54, 1.807) is 0 Å². The maximum Gasteiger partial charge on any atom is 0.229 e. The Hall–Kier alpha value is -2.40. The summed E-state index contributed by atoms with van der Waals surface area (Å²) in [5, 5.41) is 1.16. The molecule has 0 unspecified atom stereocenters. The van der Waals surface area contributed by atoms with E-state index in [1.165, 1.54) is 16.7 Å². The number of hydrogen-bond acceptors (Lipinski definition) is 3. The molecule has 0 aliphatic carbocycles. The van der Waals surface area contributed by atoms with Crippen LogP contribution in [0.2, 0.25) is 13.1 Å². The van der Waals surface area contributed by atoms with E-state index in [4.69, 9.17) is 14.1 Å². The molecule has 5 heteroatoms. The van der Waals surface area contributed by atoms with Crippen molar-refractivity contribution in [3.05, 3.63) is 64.8 Å². The van der Waals surface area contributed by atoms with Gasteiger partial charge in [-0.1, -0.05) is 39.0 Å². The normalized spacial score (nSPS) is 11.9. The van der Waals surface area contributed by atoms with Crippen molar-refractivity contribution in [2.45, 2.75) is 59.0 Å². The largest absolute Gasteiger partial charge is 0.547 e. The van der Waals surface area contributed by atoms with Gasteiger partial charge in [0, 0.05) is 11.1 Å². The van der Waals surface area contributed by atoms with Gasteiger partial charge in [0.15, 0.2) is 0 Å². The van der Waals surface area contributed by atoms with E-state index < -0.39 is 15.7 Å². The molecule has 31 heavy (non-hydrogen) atoms. The molecule has 0 aliphatic heterocycles. The Balaban J connectivity index is 1.95. The van der Waals surface area contributed by atoms with Crippen LogP contribution in [-0.2, 0) is 18.3 Å². The molecule has 3 nitrogen and oxygen atoms in total. The van der Waals surface area contributed by atoms with Gasteiger partial charge in [0.1, 0.15) is 24.8 Å². The molecule has 2 aromatic carbocycles. The summed E-state index contributed by atoms with van der Waals surface area (Å²) >= 11 is 0. The maximum atomic E-state index is 12.3. The highest BCUT2D eigenvalue weighted by Crippen LogP contribution is 2.38. The van der Waals surface area contributed by atoms with Crippen LogP contribution in [0, 0.1) is 6.92 Å². The van der Waals surface area contributed by atoms with Crippen molar-refractivity contribution in [2.24, 2.45) is 0 Å². The Morgan fingerprint density at radius 3 is 2.32 bits per heavy atom. The van der Waals surface area contributed by atoms with Crippen LogP contribution in [0.15, 0.2) is 42.5 Å². The van der Waals surface area contributed by atoms with E-state index in [1.807, 2.05) is 30.3 Å². The number of aryl methyl sites for hydroxylation is 2. The predicted octanol–water partition coefficient (Wildman–Crippen LogP) is 6.34. The number of aromatic nitrogens is 1. The Labute approximate surface area is 187 Å². The lowest BCUT2D eigenvalue weighted by atomic mass is 9.80. The first-order chi connectivity index (χ1) is 14.7. The number of ether oxygens (including phenoxy) is 1. The van der Waals surface area contributed by atoms with E-state index in [9.17, 15) is 4.39 Å². The summed E-state index contributed by atoms with van der Waals surface area (Å²) in [4.78, 5) is 5.06. The SMILES string of the molecule is Cc1c(CCc2ccc(OCCF)cc2)nc2cccc(O[SiH](C)C)c2c1C(C)(C)C. The summed E-state index contributed by atoms with van der Waals surface area (Å²) in [5.74, 6) is 1.67. The second kappa shape index (κ2) is 9.82. The van der Waals surface area contributed by atoms with E-state index in [0.29, 0.717) is 5.75 Å². The van der Waals surface area contributed by atoms with Gasteiger partial charge in [-0.25, -0.2) is 4.39 Å². The van der Waals surface area contributed by atoms with Gasteiger partial charge in [-0.3, -0.25) is 4.98 Å². The molecule has 0 saturated carbocycles. The van der Waals surface area contributed by atoms with Gasteiger partial charge in [-0.2, -0.15) is 0 Å². The third-order valence-electron chi connectivity index (χ3n) is 5.35. The topological polar surface area (TPSA) is 31.4 Å². The van der Waals surface area contributed by atoms with Gasteiger partial charge in [0.05, 0.1) is 5.52 Å². The van der Waals surface area contributed by atoms with Crippen molar-refractivity contribution in [3.8, 4) is 11.5 Å². The highest BCUT2D eigenvalue weighted by molar-refractivity contribution is 6.49. The minimum absolute atomic E-state index is 0.0204. The molecule has 3 aromatic rings. The number of hydrogen-bond donors (Lipinski definition) is 0. The van der Waals surface area contributed by atoms with Gasteiger partial charge in [0.25, 0.3) is 0 Å². The Bertz CT molecular complexity index is 1030. The third kappa shape index (κ3) is 5.64. The van der Waals surface area contributed by atoms with Crippen molar-refractivity contribution in [1.82, 2.24) is 4.98 Å². The fourth-order valence-corrected chi connectivity index (χ4v) is 4.83. The van der Waals surface area contributed by atoms with Crippen LogP contribution in [-0.4, -0.2) is 27.3 Å². The number of rotatable bonds is 8. The lowest BCUT2D eigenvalue weighted by molar-refractivity contribution is 0.273. The molecule has 3 rings (SSSR count). The first-order valence-corrected chi connectivity index (χ1v) is 13.9. The summed E-state index contributed by atoms with van der Waals surface area (Å²) in [5.41, 5.74) is 5.92. The zero-order chi connectivity index (χ0) is 22.6. The fourth-order valence-electron chi connectivity index (χ4n) is 4.13. The molecule has 0 spiro atoms. The van der Waals surface area contributed by atoms with E-state index in [0.717, 1.165) is 35.2 Å². The van der Waals surface area contributed by atoms with Gasteiger partial charge in [-0.15, -0.1) is 0 Å². The minimum atomic E-state index is -1.23. The first-order valence-electron chi connectivity index (χ1n) is 11.1. The van der Waals surface area contributed by atoms with Gasteiger partial charge in [-0.05, 0) is 79.2 Å². The molecule has 0 amide bonds. The summed E-state index contributed by atoms with van der Waals surface area (Å²) in [6, 6.07) is 14.1. The quantitative estimate of drug-likeness (QED) is 0.384. The van der Waals surface area contributed by atoms with Crippen LogP contribution in [0.1, 0.15) is 43.2 Å². The van der Waals surface area contributed by atoms with Gasteiger partial charge < -0.3 is 9.16 Å². The van der Waals surface area contributed by atoms with Crippen molar-refractivity contribution in [1.29, 1.82) is 0 Å². The number of fused-ring (bicyclic) bond motifs is 1. The number of benzene rings is 2. The molecule has 1 aromatic heterocycles. The smallest absolute Gasteiger partial charge is 0.229 e. The average molecular weight is 440 g/mol. The van der Waals surface area contributed by atoms with Crippen LogP contribution < -0.4 is 9.16 Å². The Morgan fingerprint density at radius 2 is 1.71 bits per heavy atom. The van der Waals surface area contributed by atoms with Crippen LogP contribution >= 0.6 is 0 Å². The highest BCUT2D eigenvalue weighted by Gasteiger charge is 2.25.